The summed E-state index contributed by atoms with van der Waals surface area (Å²) in [5.74, 6) is 1.61. The van der Waals surface area contributed by atoms with Crippen LogP contribution in [0, 0.1) is 5.92 Å². The predicted octanol–water partition coefficient (Wildman–Crippen LogP) is 4.34. The number of ether oxygens (including phenoxy) is 2. The minimum absolute atomic E-state index is 0.00531. The molecule has 0 N–H and O–H groups in total. The summed E-state index contributed by atoms with van der Waals surface area (Å²) in [6, 6.07) is 16.7. The van der Waals surface area contributed by atoms with Crippen LogP contribution in [0.2, 0.25) is 0 Å². The topological polar surface area (TPSA) is 59.1 Å². The molecule has 1 amide bonds. The number of nitrogens with zero attached hydrogens (tertiary/aromatic N) is 2. The van der Waals surface area contributed by atoms with Gasteiger partial charge in [0.1, 0.15) is 17.6 Å². The van der Waals surface area contributed by atoms with Crippen LogP contribution in [0.25, 0.3) is 6.08 Å². The number of carbonyl (C=O) groups excluding carboxylic acids is 2. The summed E-state index contributed by atoms with van der Waals surface area (Å²) >= 11 is 0. The predicted molar refractivity (Wildman–Crippen MR) is 142 cm³/mol. The molecule has 6 rings (SSSR count). The Morgan fingerprint density at radius 1 is 1.19 bits per heavy atom. The van der Waals surface area contributed by atoms with Crippen molar-refractivity contribution in [1.29, 1.82) is 0 Å². The van der Waals surface area contributed by atoms with E-state index in [-0.39, 0.29) is 29.4 Å². The normalized spacial score (nSPS) is 29.4. The number of hydrogen-bond donors (Lipinski definition) is 0. The lowest BCUT2D eigenvalue weighted by Crippen LogP contribution is -2.69. The van der Waals surface area contributed by atoms with Gasteiger partial charge in [-0.05, 0) is 61.4 Å². The average molecular weight is 499 g/mol. The average Bonchev–Trinajstić information content (AvgIpc) is 3.22. The Balaban J connectivity index is 1.29. The second-order valence-electron chi connectivity index (χ2n) is 10.9. The van der Waals surface area contributed by atoms with Crippen molar-refractivity contribution >= 4 is 18.0 Å². The molecule has 0 radical (unpaired) electrons. The Morgan fingerprint density at radius 2 is 2.00 bits per heavy atom. The lowest BCUT2D eigenvalue weighted by molar-refractivity contribution is -0.139. The third-order valence-electron chi connectivity index (χ3n) is 9.03. The SMILES string of the molecule is C=C(CN1CC[C@]23c4c5cccc4O[C@H]2[C@@H](N(C)C(=O)C=Cc2ccccc2)CC[C@H]3[C@H]1C5)OC(C)=O. The zero-order chi connectivity index (χ0) is 25.7. The maximum Gasteiger partial charge on any atom is 0.307 e. The zero-order valence-corrected chi connectivity index (χ0v) is 21.6. The van der Waals surface area contributed by atoms with Crippen LogP contribution >= 0.6 is 0 Å². The van der Waals surface area contributed by atoms with Crippen LogP contribution in [0.15, 0.2) is 66.9 Å². The minimum Gasteiger partial charge on any atom is -0.487 e. The largest absolute Gasteiger partial charge is 0.487 e. The number of likely N-dealkylation sites (N-methyl/N-ethyl adjacent to an activating group) is 1. The zero-order valence-electron chi connectivity index (χ0n) is 21.6. The molecular weight excluding hydrogens is 464 g/mol. The third kappa shape index (κ3) is 3.89. The van der Waals surface area contributed by atoms with Gasteiger partial charge in [-0.15, -0.1) is 0 Å². The maximum atomic E-state index is 13.3. The van der Waals surface area contributed by atoms with Crippen LogP contribution in [0.1, 0.15) is 42.9 Å². The molecule has 5 atom stereocenters. The van der Waals surface area contributed by atoms with Gasteiger partial charge in [0, 0.05) is 37.1 Å². The number of hydrogen-bond acceptors (Lipinski definition) is 5. The molecule has 1 spiro atoms. The van der Waals surface area contributed by atoms with Crippen LogP contribution in [0.5, 0.6) is 5.75 Å². The molecular formula is C31H34N2O4. The molecule has 37 heavy (non-hydrogen) atoms. The lowest BCUT2D eigenvalue weighted by atomic mass is 9.51. The minimum atomic E-state index is -0.323. The first-order chi connectivity index (χ1) is 17.9. The van der Waals surface area contributed by atoms with E-state index in [1.807, 2.05) is 48.4 Å². The van der Waals surface area contributed by atoms with Gasteiger partial charge in [-0.3, -0.25) is 14.5 Å². The van der Waals surface area contributed by atoms with Crippen molar-refractivity contribution in [3.63, 3.8) is 0 Å². The van der Waals surface area contributed by atoms with Gasteiger partial charge in [0.25, 0.3) is 0 Å². The van der Waals surface area contributed by atoms with Gasteiger partial charge in [0.05, 0.1) is 12.6 Å². The van der Waals surface area contributed by atoms with Crippen molar-refractivity contribution in [1.82, 2.24) is 9.80 Å². The molecule has 6 heteroatoms. The molecule has 1 saturated heterocycles. The molecule has 2 aromatic rings. The number of amides is 1. The fourth-order valence-electron chi connectivity index (χ4n) is 7.64. The fourth-order valence-corrected chi connectivity index (χ4v) is 7.64. The molecule has 0 aromatic heterocycles. The van der Waals surface area contributed by atoms with Crippen LogP contribution in [0.4, 0.5) is 0 Å². The number of piperidine rings is 1. The van der Waals surface area contributed by atoms with Crippen molar-refractivity contribution in [2.75, 3.05) is 20.1 Å². The first-order valence-electron chi connectivity index (χ1n) is 13.3. The lowest BCUT2D eigenvalue weighted by Gasteiger charge is -2.60. The molecule has 2 bridgehead atoms. The molecule has 2 fully saturated rings. The van der Waals surface area contributed by atoms with Crippen molar-refractivity contribution in [3.05, 3.63) is 83.6 Å². The van der Waals surface area contributed by atoms with Gasteiger partial charge in [0.15, 0.2) is 0 Å². The molecule has 6 nitrogen and oxygen atoms in total. The highest BCUT2D eigenvalue weighted by molar-refractivity contribution is 5.92. The van der Waals surface area contributed by atoms with E-state index in [0.717, 1.165) is 43.5 Å². The first-order valence-corrected chi connectivity index (χ1v) is 13.3. The maximum absolute atomic E-state index is 13.3. The van der Waals surface area contributed by atoms with E-state index in [0.29, 0.717) is 24.3 Å². The molecule has 2 aliphatic carbocycles. The number of likely N-dealkylation sites (tertiary alicyclic amines) is 1. The van der Waals surface area contributed by atoms with Gasteiger partial charge in [-0.2, -0.15) is 0 Å². The van der Waals surface area contributed by atoms with E-state index in [1.165, 1.54) is 18.1 Å². The third-order valence-corrected chi connectivity index (χ3v) is 9.03. The second kappa shape index (κ2) is 9.18. The summed E-state index contributed by atoms with van der Waals surface area (Å²) in [7, 11) is 1.92. The van der Waals surface area contributed by atoms with Crippen molar-refractivity contribution in [2.45, 2.75) is 56.2 Å². The van der Waals surface area contributed by atoms with Gasteiger partial charge in [-0.25, -0.2) is 0 Å². The van der Waals surface area contributed by atoms with E-state index in [9.17, 15) is 9.59 Å². The molecule has 4 aliphatic rings. The number of carbonyl (C=O) groups is 2. The number of rotatable bonds is 6. The summed E-state index contributed by atoms with van der Waals surface area (Å²) in [6.07, 6.45) is 7.34. The Bertz CT molecular complexity index is 1270. The van der Waals surface area contributed by atoms with Gasteiger partial charge in [0.2, 0.25) is 5.91 Å². The molecule has 2 aliphatic heterocycles. The Labute approximate surface area is 218 Å². The summed E-state index contributed by atoms with van der Waals surface area (Å²) < 4.78 is 12.1. The summed E-state index contributed by atoms with van der Waals surface area (Å²) in [4.78, 5) is 29.1. The van der Waals surface area contributed by atoms with E-state index >= 15 is 0 Å². The molecule has 192 valence electrons. The van der Waals surface area contributed by atoms with E-state index in [2.05, 4.69) is 29.7 Å². The standard InChI is InChI=1S/C31H34N2O4/c1-20(36-21(2)34)19-33-17-16-31-24-13-14-25(32(3)28(35)15-12-22-8-5-4-6-9-22)30(31)37-27-11-7-10-23(29(27)31)18-26(24)33/h4-12,15,24-26,30H,1,13-14,16-19H2,2-3H3/t24-,25-,26+,30-,31-/m0/s1. The second-order valence-corrected chi connectivity index (χ2v) is 10.9. The van der Waals surface area contributed by atoms with E-state index in [4.69, 9.17) is 9.47 Å². The van der Waals surface area contributed by atoms with Gasteiger partial charge >= 0.3 is 5.97 Å². The monoisotopic (exact) mass is 498 g/mol. The van der Waals surface area contributed by atoms with E-state index < -0.39 is 0 Å². The summed E-state index contributed by atoms with van der Waals surface area (Å²) in [5, 5.41) is 0. The number of benzene rings is 2. The fraction of sp³-hybridized carbons (Fsp3) is 0.419. The summed E-state index contributed by atoms with van der Waals surface area (Å²) in [5.41, 5.74) is 3.64. The highest BCUT2D eigenvalue weighted by Crippen LogP contribution is 2.62. The van der Waals surface area contributed by atoms with Gasteiger partial charge < -0.3 is 14.4 Å². The van der Waals surface area contributed by atoms with Crippen LogP contribution < -0.4 is 4.74 Å². The summed E-state index contributed by atoms with van der Waals surface area (Å²) in [6.45, 7) is 6.86. The van der Waals surface area contributed by atoms with Crippen LogP contribution in [-0.2, 0) is 26.2 Å². The Hall–Kier alpha value is -3.38. The van der Waals surface area contributed by atoms with Gasteiger partial charge in [-0.1, -0.05) is 49.0 Å². The smallest absolute Gasteiger partial charge is 0.307 e. The van der Waals surface area contributed by atoms with E-state index in [1.54, 1.807) is 6.08 Å². The molecule has 2 aromatic carbocycles. The highest BCUT2D eigenvalue weighted by atomic mass is 16.5. The highest BCUT2D eigenvalue weighted by Gasteiger charge is 2.65. The Morgan fingerprint density at radius 3 is 2.78 bits per heavy atom. The quantitative estimate of drug-likeness (QED) is 0.337. The van der Waals surface area contributed by atoms with Crippen LogP contribution in [0.3, 0.4) is 0 Å². The molecule has 2 heterocycles. The molecule has 0 unspecified atom stereocenters. The Kier molecular flexibility index (Phi) is 5.95. The number of esters is 1. The van der Waals surface area contributed by atoms with Crippen molar-refractivity contribution < 1.29 is 19.1 Å². The van der Waals surface area contributed by atoms with Crippen LogP contribution in [-0.4, -0.2) is 60.0 Å². The first kappa shape index (κ1) is 24.0. The molecule has 1 saturated carbocycles. The van der Waals surface area contributed by atoms with Crippen molar-refractivity contribution in [3.8, 4) is 5.75 Å². The van der Waals surface area contributed by atoms with Crippen molar-refractivity contribution in [2.24, 2.45) is 5.92 Å².